The molecule has 0 aromatic carbocycles. The molecule has 4 heteroatoms. The molecule has 1 fully saturated rings. The SMILES string of the molecule is Cc1ccncc1CN1CCC(F)(F)CC1. The fourth-order valence-electron chi connectivity index (χ4n) is 1.94. The Morgan fingerprint density at radius 1 is 1.38 bits per heavy atom. The highest BCUT2D eigenvalue weighted by molar-refractivity contribution is 5.21. The monoisotopic (exact) mass is 226 g/mol. The van der Waals surface area contributed by atoms with Gasteiger partial charge in [-0.25, -0.2) is 8.78 Å². The van der Waals surface area contributed by atoms with Crippen LogP contribution in [0.3, 0.4) is 0 Å². The number of alkyl halides is 2. The van der Waals surface area contributed by atoms with Crippen LogP contribution in [0.25, 0.3) is 0 Å². The van der Waals surface area contributed by atoms with E-state index in [4.69, 9.17) is 0 Å². The number of hydrogen-bond acceptors (Lipinski definition) is 2. The average Bonchev–Trinajstić information content (AvgIpc) is 2.24. The van der Waals surface area contributed by atoms with Crippen LogP contribution in [-0.2, 0) is 6.54 Å². The van der Waals surface area contributed by atoms with Crippen LogP contribution < -0.4 is 0 Å². The zero-order chi connectivity index (χ0) is 11.6. The zero-order valence-corrected chi connectivity index (χ0v) is 9.42. The molecule has 16 heavy (non-hydrogen) atoms. The summed E-state index contributed by atoms with van der Waals surface area (Å²) in [5.74, 6) is -2.46. The van der Waals surface area contributed by atoms with E-state index in [2.05, 4.69) is 9.88 Å². The average molecular weight is 226 g/mol. The molecule has 1 saturated heterocycles. The van der Waals surface area contributed by atoms with Crippen LogP contribution in [0.5, 0.6) is 0 Å². The first-order chi connectivity index (χ1) is 7.57. The lowest BCUT2D eigenvalue weighted by Crippen LogP contribution is -2.38. The molecule has 1 aromatic heterocycles. The molecule has 2 heterocycles. The highest BCUT2D eigenvalue weighted by atomic mass is 19.3. The minimum atomic E-state index is -2.46. The minimum Gasteiger partial charge on any atom is -0.299 e. The number of piperidine rings is 1. The highest BCUT2D eigenvalue weighted by Crippen LogP contribution is 2.28. The normalized spacial score (nSPS) is 20.9. The summed E-state index contributed by atoms with van der Waals surface area (Å²) >= 11 is 0. The molecule has 2 rings (SSSR count). The molecule has 88 valence electrons. The van der Waals surface area contributed by atoms with Gasteiger partial charge < -0.3 is 0 Å². The van der Waals surface area contributed by atoms with Crippen molar-refractivity contribution in [1.29, 1.82) is 0 Å². The van der Waals surface area contributed by atoms with E-state index in [1.807, 2.05) is 19.2 Å². The van der Waals surface area contributed by atoms with Crippen molar-refractivity contribution < 1.29 is 8.78 Å². The van der Waals surface area contributed by atoms with Crippen molar-refractivity contribution in [1.82, 2.24) is 9.88 Å². The first-order valence-corrected chi connectivity index (χ1v) is 5.56. The largest absolute Gasteiger partial charge is 0.299 e. The van der Waals surface area contributed by atoms with Crippen molar-refractivity contribution in [2.75, 3.05) is 13.1 Å². The van der Waals surface area contributed by atoms with Crippen molar-refractivity contribution >= 4 is 0 Å². The summed E-state index contributed by atoms with van der Waals surface area (Å²) in [4.78, 5) is 6.14. The maximum atomic E-state index is 13.0. The van der Waals surface area contributed by atoms with E-state index in [0.29, 0.717) is 13.1 Å². The van der Waals surface area contributed by atoms with Gasteiger partial charge in [-0.2, -0.15) is 0 Å². The van der Waals surface area contributed by atoms with Gasteiger partial charge in [0.05, 0.1) is 0 Å². The lowest BCUT2D eigenvalue weighted by atomic mass is 10.1. The van der Waals surface area contributed by atoms with E-state index in [0.717, 1.165) is 12.1 Å². The van der Waals surface area contributed by atoms with Crippen molar-refractivity contribution in [2.24, 2.45) is 0 Å². The molecule has 1 aliphatic heterocycles. The molecule has 2 nitrogen and oxygen atoms in total. The zero-order valence-electron chi connectivity index (χ0n) is 9.42. The third kappa shape index (κ3) is 2.76. The molecule has 0 atom stereocenters. The quantitative estimate of drug-likeness (QED) is 0.770. The number of pyridine rings is 1. The molecule has 0 amide bonds. The standard InChI is InChI=1S/C12H16F2N2/c1-10-2-5-15-8-11(10)9-16-6-3-12(13,14)4-7-16/h2,5,8H,3-4,6-7,9H2,1H3. The van der Waals surface area contributed by atoms with Gasteiger partial charge in [-0.1, -0.05) is 0 Å². The summed E-state index contributed by atoms with van der Waals surface area (Å²) in [6, 6.07) is 1.95. The lowest BCUT2D eigenvalue weighted by Gasteiger charge is -2.31. The molecule has 0 unspecified atom stereocenters. The van der Waals surface area contributed by atoms with Crippen LogP contribution in [0.2, 0.25) is 0 Å². The molecule has 0 bridgehead atoms. The smallest absolute Gasteiger partial charge is 0.250 e. The predicted molar refractivity (Wildman–Crippen MR) is 58.4 cm³/mol. The first kappa shape index (κ1) is 11.5. The van der Waals surface area contributed by atoms with Gasteiger partial charge in [0.25, 0.3) is 5.92 Å². The van der Waals surface area contributed by atoms with Gasteiger partial charge in [0.2, 0.25) is 0 Å². The Bertz CT molecular complexity index is 356. The van der Waals surface area contributed by atoms with Gasteiger partial charge >= 0.3 is 0 Å². The van der Waals surface area contributed by atoms with E-state index in [1.54, 1.807) is 6.20 Å². The van der Waals surface area contributed by atoms with Gasteiger partial charge in [0.15, 0.2) is 0 Å². The summed E-state index contributed by atoms with van der Waals surface area (Å²) in [5.41, 5.74) is 2.31. The third-order valence-electron chi connectivity index (χ3n) is 3.13. The Morgan fingerprint density at radius 3 is 2.69 bits per heavy atom. The van der Waals surface area contributed by atoms with Gasteiger partial charge in [0.1, 0.15) is 0 Å². The van der Waals surface area contributed by atoms with Crippen LogP contribution in [-0.4, -0.2) is 28.9 Å². The molecule has 1 aromatic rings. The summed E-state index contributed by atoms with van der Waals surface area (Å²) in [7, 11) is 0. The second-order valence-corrected chi connectivity index (χ2v) is 4.43. The van der Waals surface area contributed by atoms with E-state index >= 15 is 0 Å². The number of rotatable bonds is 2. The van der Waals surface area contributed by atoms with Crippen molar-refractivity contribution in [3.05, 3.63) is 29.6 Å². The lowest BCUT2D eigenvalue weighted by molar-refractivity contribution is -0.0566. The summed E-state index contributed by atoms with van der Waals surface area (Å²) in [6.07, 6.45) is 3.53. The number of nitrogens with zero attached hydrogens (tertiary/aromatic N) is 2. The van der Waals surface area contributed by atoms with E-state index in [1.165, 1.54) is 5.56 Å². The highest BCUT2D eigenvalue weighted by Gasteiger charge is 2.33. The molecule has 0 N–H and O–H groups in total. The maximum absolute atomic E-state index is 13.0. The van der Waals surface area contributed by atoms with Crippen LogP contribution in [0.1, 0.15) is 24.0 Å². The van der Waals surface area contributed by atoms with Gasteiger partial charge in [-0.3, -0.25) is 9.88 Å². The Morgan fingerprint density at radius 2 is 2.06 bits per heavy atom. The van der Waals surface area contributed by atoms with Gasteiger partial charge in [-0.05, 0) is 24.1 Å². The number of aryl methyl sites for hydroxylation is 1. The Kier molecular flexibility index (Phi) is 3.19. The second-order valence-electron chi connectivity index (χ2n) is 4.43. The number of aromatic nitrogens is 1. The first-order valence-electron chi connectivity index (χ1n) is 5.56. The van der Waals surface area contributed by atoms with Crippen LogP contribution in [0, 0.1) is 6.92 Å². The molecule has 0 saturated carbocycles. The van der Waals surface area contributed by atoms with E-state index in [9.17, 15) is 8.78 Å². The van der Waals surface area contributed by atoms with Crippen molar-refractivity contribution in [3.8, 4) is 0 Å². The van der Waals surface area contributed by atoms with Crippen LogP contribution in [0.15, 0.2) is 18.5 Å². The van der Waals surface area contributed by atoms with Crippen LogP contribution in [0.4, 0.5) is 8.78 Å². The topological polar surface area (TPSA) is 16.1 Å². The summed E-state index contributed by atoms with van der Waals surface area (Å²) < 4.78 is 25.9. The number of hydrogen-bond donors (Lipinski definition) is 0. The Balaban J connectivity index is 1.95. The maximum Gasteiger partial charge on any atom is 0.250 e. The number of halogens is 2. The van der Waals surface area contributed by atoms with Gasteiger partial charge in [-0.15, -0.1) is 0 Å². The number of likely N-dealkylation sites (tertiary alicyclic amines) is 1. The molecule has 1 aliphatic rings. The predicted octanol–water partition coefficient (Wildman–Crippen LogP) is 2.62. The fraction of sp³-hybridized carbons (Fsp3) is 0.583. The van der Waals surface area contributed by atoms with E-state index < -0.39 is 5.92 Å². The third-order valence-corrected chi connectivity index (χ3v) is 3.13. The molecule has 0 aliphatic carbocycles. The summed E-state index contributed by atoms with van der Waals surface area (Å²) in [5, 5.41) is 0. The van der Waals surface area contributed by atoms with Crippen LogP contribution >= 0.6 is 0 Å². The molecule has 0 radical (unpaired) electrons. The molecule has 0 spiro atoms. The second kappa shape index (κ2) is 4.45. The Labute approximate surface area is 94.3 Å². The van der Waals surface area contributed by atoms with Crippen molar-refractivity contribution in [2.45, 2.75) is 32.2 Å². The minimum absolute atomic E-state index is 0.0215. The van der Waals surface area contributed by atoms with Crippen molar-refractivity contribution in [3.63, 3.8) is 0 Å². The molecular formula is C12H16F2N2. The fourth-order valence-corrected chi connectivity index (χ4v) is 1.94. The van der Waals surface area contributed by atoms with Gasteiger partial charge in [0, 0.05) is 44.9 Å². The summed E-state index contributed by atoms with van der Waals surface area (Å²) in [6.45, 7) is 3.70. The molecular weight excluding hydrogens is 210 g/mol. The van der Waals surface area contributed by atoms with E-state index in [-0.39, 0.29) is 12.8 Å². The Hall–Kier alpha value is -1.03.